The first-order valence-electron chi connectivity index (χ1n) is 13.2. The van der Waals surface area contributed by atoms with Crippen LogP contribution in [0.15, 0.2) is 48.5 Å². The van der Waals surface area contributed by atoms with E-state index in [0.29, 0.717) is 47.0 Å². The fourth-order valence-electron chi connectivity index (χ4n) is 5.37. The van der Waals surface area contributed by atoms with Gasteiger partial charge in [-0.3, -0.25) is 9.63 Å². The standard InChI is InChI=1S/C32H37NO7/c1-31(2,3)40-33(19-34)18-23-25(37-6)14-13-24-29(23)39-30-22(17-27(35)36)26(38-7)16-21(28(30)32(24,4)5)15-20-11-9-8-10-12-20/h8-14,16,19H,15,17-18H2,1-7H3,(H,35,36)/p-1. The number of amides is 1. The molecule has 0 spiro atoms. The zero-order valence-electron chi connectivity index (χ0n) is 24.1. The summed E-state index contributed by atoms with van der Waals surface area (Å²) in [7, 11) is 3.06. The Hall–Kier alpha value is -4.04. The summed E-state index contributed by atoms with van der Waals surface area (Å²) >= 11 is 0. The summed E-state index contributed by atoms with van der Waals surface area (Å²) in [6.07, 6.45) is 0.818. The number of benzene rings is 3. The maximum Gasteiger partial charge on any atom is 0.233 e. The van der Waals surface area contributed by atoms with Crippen LogP contribution in [-0.4, -0.2) is 37.3 Å². The number of hydroxylamine groups is 2. The molecule has 1 aliphatic heterocycles. The van der Waals surface area contributed by atoms with E-state index < -0.39 is 23.4 Å². The molecule has 1 amide bonds. The predicted molar refractivity (Wildman–Crippen MR) is 149 cm³/mol. The molecule has 0 unspecified atom stereocenters. The number of fused-ring (bicyclic) bond motifs is 2. The van der Waals surface area contributed by atoms with Crippen molar-refractivity contribution in [3.8, 4) is 23.0 Å². The molecule has 212 valence electrons. The fourth-order valence-corrected chi connectivity index (χ4v) is 5.37. The second-order valence-corrected chi connectivity index (χ2v) is 11.4. The number of rotatable bonds is 10. The van der Waals surface area contributed by atoms with Crippen molar-refractivity contribution < 1.29 is 33.7 Å². The van der Waals surface area contributed by atoms with Crippen LogP contribution in [0, 0.1) is 0 Å². The molecule has 0 N–H and O–H groups in total. The van der Waals surface area contributed by atoms with Crippen molar-refractivity contribution in [1.29, 1.82) is 0 Å². The lowest BCUT2D eigenvalue weighted by atomic mass is 9.71. The summed E-state index contributed by atoms with van der Waals surface area (Å²) in [6.45, 7) is 9.76. The first-order valence-corrected chi connectivity index (χ1v) is 13.2. The average Bonchev–Trinajstić information content (AvgIpc) is 2.89. The number of carboxylic acids is 1. The molecule has 1 heterocycles. The van der Waals surface area contributed by atoms with Crippen LogP contribution in [-0.2, 0) is 39.2 Å². The van der Waals surface area contributed by atoms with E-state index in [2.05, 4.69) is 13.8 Å². The van der Waals surface area contributed by atoms with E-state index >= 15 is 0 Å². The van der Waals surface area contributed by atoms with Crippen LogP contribution >= 0.6 is 0 Å². The largest absolute Gasteiger partial charge is 0.550 e. The second-order valence-electron chi connectivity index (χ2n) is 11.4. The van der Waals surface area contributed by atoms with E-state index in [1.54, 1.807) is 7.11 Å². The van der Waals surface area contributed by atoms with Gasteiger partial charge in [-0.05, 0) is 50.5 Å². The van der Waals surface area contributed by atoms with E-state index in [0.717, 1.165) is 22.3 Å². The minimum atomic E-state index is -1.25. The van der Waals surface area contributed by atoms with Gasteiger partial charge in [-0.1, -0.05) is 50.2 Å². The van der Waals surface area contributed by atoms with Gasteiger partial charge in [-0.15, -0.1) is 0 Å². The van der Waals surface area contributed by atoms with Crippen molar-refractivity contribution in [1.82, 2.24) is 5.06 Å². The minimum absolute atomic E-state index is 0.0508. The van der Waals surface area contributed by atoms with Gasteiger partial charge in [0.15, 0.2) is 0 Å². The number of ether oxygens (including phenoxy) is 3. The van der Waals surface area contributed by atoms with Crippen LogP contribution in [0.5, 0.6) is 23.0 Å². The Kier molecular flexibility index (Phi) is 8.12. The first-order chi connectivity index (χ1) is 18.9. The molecule has 3 aromatic rings. The SMILES string of the molecule is COc1ccc2c(c1CN(C=O)OC(C)(C)C)Oc1c(CC(=O)[O-])c(OC)cc(Cc3ccccc3)c1C2(C)C. The Morgan fingerprint density at radius 1 is 1.00 bits per heavy atom. The molecule has 0 saturated heterocycles. The molecule has 0 radical (unpaired) electrons. The van der Waals surface area contributed by atoms with Crippen LogP contribution in [0.25, 0.3) is 0 Å². The van der Waals surface area contributed by atoms with Crippen LogP contribution in [0.4, 0.5) is 0 Å². The van der Waals surface area contributed by atoms with Gasteiger partial charge in [0, 0.05) is 34.5 Å². The zero-order valence-corrected chi connectivity index (χ0v) is 24.1. The van der Waals surface area contributed by atoms with Crippen molar-refractivity contribution in [3.63, 3.8) is 0 Å². The van der Waals surface area contributed by atoms with Crippen LogP contribution in [0.1, 0.15) is 68.0 Å². The van der Waals surface area contributed by atoms with Crippen molar-refractivity contribution in [2.75, 3.05) is 14.2 Å². The summed E-state index contributed by atoms with van der Waals surface area (Å²) in [6, 6.07) is 15.7. The Bertz CT molecular complexity index is 1410. The Labute approximate surface area is 235 Å². The molecule has 0 bridgehead atoms. The zero-order chi connectivity index (χ0) is 29.2. The summed E-state index contributed by atoms with van der Waals surface area (Å²) in [5.41, 5.74) is 3.55. The second kappa shape index (κ2) is 11.2. The molecule has 8 nitrogen and oxygen atoms in total. The number of hydrogen-bond acceptors (Lipinski definition) is 7. The third-order valence-electron chi connectivity index (χ3n) is 6.97. The lowest BCUT2D eigenvalue weighted by Crippen LogP contribution is -2.34. The highest BCUT2D eigenvalue weighted by Gasteiger charge is 2.40. The van der Waals surface area contributed by atoms with E-state index in [1.165, 1.54) is 12.2 Å². The molecular weight excluding hydrogens is 510 g/mol. The fraction of sp³-hybridized carbons (Fsp3) is 0.375. The number of aliphatic carboxylic acids is 1. The number of carboxylic acid groups (broad SMARTS) is 1. The highest BCUT2D eigenvalue weighted by Crippen LogP contribution is 2.55. The molecule has 40 heavy (non-hydrogen) atoms. The molecule has 0 atom stereocenters. The van der Waals surface area contributed by atoms with E-state index in [-0.39, 0.29) is 6.54 Å². The number of hydrogen-bond donors (Lipinski definition) is 0. The van der Waals surface area contributed by atoms with Gasteiger partial charge in [0.2, 0.25) is 6.41 Å². The number of carbonyl (C=O) groups is 2. The minimum Gasteiger partial charge on any atom is -0.550 e. The van der Waals surface area contributed by atoms with Crippen molar-refractivity contribution in [2.45, 2.75) is 65.0 Å². The van der Waals surface area contributed by atoms with Gasteiger partial charge in [-0.25, -0.2) is 5.06 Å². The molecular formula is C32H36NO7-. The molecule has 3 aromatic carbocycles. The molecule has 8 heteroatoms. The van der Waals surface area contributed by atoms with Crippen molar-refractivity contribution in [2.24, 2.45) is 0 Å². The quantitative estimate of drug-likeness (QED) is 0.268. The van der Waals surface area contributed by atoms with E-state index in [9.17, 15) is 14.7 Å². The third kappa shape index (κ3) is 5.77. The van der Waals surface area contributed by atoms with Gasteiger partial charge >= 0.3 is 0 Å². The topological polar surface area (TPSA) is 97.4 Å². The van der Waals surface area contributed by atoms with Crippen molar-refractivity contribution in [3.05, 3.63) is 81.9 Å². The molecule has 0 aliphatic carbocycles. The summed E-state index contributed by atoms with van der Waals surface area (Å²) in [5.74, 6) is 0.565. The maximum absolute atomic E-state index is 12.0. The Morgan fingerprint density at radius 3 is 2.25 bits per heavy atom. The van der Waals surface area contributed by atoms with Crippen molar-refractivity contribution >= 4 is 12.4 Å². The van der Waals surface area contributed by atoms with Crippen LogP contribution in [0.3, 0.4) is 0 Å². The number of methoxy groups -OCH3 is 2. The van der Waals surface area contributed by atoms with E-state index in [1.807, 2.05) is 69.3 Å². The predicted octanol–water partition coefficient (Wildman–Crippen LogP) is 4.71. The van der Waals surface area contributed by atoms with Gasteiger partial charge < -0.3 is 24.1 Å². The van der Waals surface area contributed by atoms with Gasteiger partial charge in [0.1, 0.15) is 23.0 Å². The summed E-state index contributed by atoms with van der Waals surface area (Å²) in [4.78, 5) is 29.7. The Balaban J connectivity index is 1.96. The average molecular weight is 547 g/mol. The number of nitrogens with zero attached hydrogens (tertiary/aromatic N) is 1. The normalized spacial score (nSPS) is 13.5. The molecule has 0 saturated carbocycles. The summed E-state index contributed by atoms with van der Waals surface area (Å²) < 4.78 is 18.0. The van der Waals surface area contributed by atoms with Gasteiger partial charge in [0.05, 0.1) is 31.9 Å². The molecule has 4 rings (SSSR count). The van der Waals surface area contributed by atoms with Crippen LogP contribution in [0.2, 0.25) is 0 Å². The van der Waals surface area contributed by atoms with Gasteiger partial charge in [0.25, 0.3) is 0 Å². The smallest absolute Gasteiger partial charge is 0.233 e. The lowest BCUT2D eigenvalue weighted by Gasteiger charge is -2.39. The third-order valence-corrected chi connectivity index (χ3v) is 6.97. The lowest BCUT2D eigenvalue weighted by molar-refractivity contribution is -0.304. The molecule has 1 aliphatic rings. The van der Waals surface area contributed by atoms with E-state index in [4.69, 9.17) is 19.0 Å². The molecule has 0 fully saturated rings. The first kappa shape index (κ1) is 29.0. The molecule has 0 aromatic heterocycles. The van der Waals surface area contributed by atoms with Crippen LogP contribution < -0.4 is 19.3 Å². The highest BCUT2D eigenvalue weighted by molar-refractivity contribution is 5.75. The monoisotopic (exact) mass is 546 g/mol. The van der Waals surface area contributed by atoms with Gasteiger partial charge in [-0.2, -0.15) is 0 Å². The highest BCUT2D eigenvalue weighted by atomic mass is 16.7. The Morgan fingerprint density at radius 2 is 1.68 bits per heavy atom. The maximum atomic E-state index is 12.0. The summed E-state index contributed by atoms with van der Waals surface area (Å²) in [5, 5.41) is 13.1. The number of carbonyl (C=O) groups excluding carboxylic acids is 2.